The van der Waals surface area contributed by atoms with Gasteiger partial charge in [0, 0.05) is 5.56 Å². The molecule has 0 radical (unpaired) electrons. The van der Waals surface area contributed by atoms with Crippen LogP contribution in [0.4, 0.5) is 0 Å². The molecule has 0 aliphatic heterocycles. The van der Waals surface area contributed by atoms with Gasteiger partial charge in [0.25, 0.3) is 0 Å². The Hall–Kier alpha value is -3.20. The highest BCUT2D eigenvalue weighted by atomic mass is 16.3. The normalized spacial score (nSPS) is 11.7. The molecule has 2 rings (SSSR count). The van der Waals surface area contributed by atoms with Crippen molar-refractivity contribution in [1.29, 1.82) is 0 Å². The van der Waals surface area contributed by atoms with Gasteiger partial charge in [-0.25, -0.2) is 0 Å². The summed E-state index contributed by atoms with van der Waals surface area (Å²) in [7, 11) is 0. The monoisotopic (exact) mass is 334 g/mol. The summed E-state index contributed by atoms with van der Waals surface area (Å²) < 4.78 is 0. The van der Waals surface area contributed by atoms with Crippen LogP contribution >= 0.6 is 0 Å². The zero-order chi connectivity index (χ0) is 18.6. The Morgan fingerprint density at radius 3 is 2.00 bits per heavy atom. The van der Waals surface area contributed by atoms with Crippen LogP contribution in [0, 0.1) is 13.8 Å². The topological polar surface area (TPSA) is 60.7 Å². The lowest BCUT2D eigenvalue weighted by Crippen LogP contribution is -1.90. The molecule has 3 N–H and O–H groups in total. The lowest BCUT2D eigenvalue weighted by atomic mass is 9.94. The Labute approximate surface area is 148 Å². The average molecular weight is 334 g/mol. The van der Waals surface area contributed by atoms with E-state index in [1.807, 2.05) is 30.4 Å². The molecule has 0 bridgehead atoms. The molecule has 0 aromatic heterocycles. The van der Waals surface area contributed by atoms with Crippen LogP contribution in [-0.2, 0) is 0 Å². The maximum atomic E-state index is 10.4. The van der Waals surface area contributed by atoms with E-state index in [1.54, 1.807) is 38.1 Å². The van der Waals surface area contributed by atoms with Crippen molar-refractivity contribution in [2.75, 3.05) is 0 Å². The molecular formula is C22H22O3. The van der Waals surface area contributed by atoms with E-state index in [-0.39, 0.29) is 22.8 Å². The summed E-state index contributed by atoms with van der Waals surface area (Å²) in [4.78, 5) is 0. The predicted octanol–water partition coefficient (Wildman–Crippen LogP) is 5.40. The Bertz CT molecular complexity index is 840. The Kier molecular flexibility index (Phi) is 5.50. The lowest BCUT2D eigenvalue weighted by molar-refractivity contribution is 0.394. The minimum absolute atomic E-state index is 0.0334. The van der Waals surface area contributed by atoms with E-state index in [2.05, 4.69) is 13.2 Å². The highest BCUT2D eigenvalue weighted by molar-refractivity contribution is 5.83. The molecule has 2 aromatic rings. The molecule has 0 spiro atoms. The van der Waals surface area contributed by atoms with Gasteiger partial charge in [0.2, 0.25) is 0 Å². The van der Waals surface area contributed by atoms with Gasteiger partial charge in [-0.05, 0) is 36.1 Å². The van der Waals surface area contributed by atoms with E-state index >= 15 is 0 Å². The molecule has 3 heteroatoms. The van der Waals surface area contributed by atoms with Crippen LogP contribution < -0.4 is 0 Å². The van der Waals surface area contributed by atoms with Gasteiger partial charge in [-0.15, -0.1) is 0 Å². The maximum absolute atomic E-state index is 10.4. The zero-order valence-corrected chi connectivity index (χ0v) is 14.5. The first-order valence-corrected chi connectivity index (χ1v) is 7.89. The summed E-state index contributed by atoms with van der Waals surface area (Å²) in [6, 6.07) is 7.33. The Morgan fingerprint density at radius 2 is 1.44 bits per heavy atom. The SMILES string of the molecule is C=C/C=C\C(=C/C=C)c1ccc(-c2c(O)c(C)c(C)c(O)c2O)cc1. The van der Waals surface area contributed by atoms with Crippen LogP contribution in [0.15, 0.2) is 67.8 Å². The van der Waals surface area contributed by atoms with Crippen molar-refractivity contribution in [3.63, 3.8) is 0 Å². The van der Waals surface area contributed by atoms with Gasteiger partial charge in [0.1, 0.15) is 5.75 Å². The third kappa shape index (κ3) is 3.50. The van der Waals surface area contributed by atoms with Gasteiger partial charge in [-0.1, -0.05) is 67.8 Å². The molecule has 0 heterocycles. The third-order valence-electron chi connectivity index (χ3n) is 4.19. The third-order valence-corrected chi connectivity index (χ3v) is 4.19. The second-order valence-electron chi connectivity index (χ2n) is 5.70. The van der Waals surface area contributed by atoms with E-state index < -0.39 is 0 Å². The lowest BCUT2D eigenvalue weighted by Gasteiger charge is -2.15. The van der Waals surface area contributed by atoms with Crippen molar-refractivity contribution in [3.05, 3.63) is 84.5 Å². The molecule has 128 valence electrons. The summed E-state index contributed by atoms with van der Waals surface area (Å²) >= 11 is 0. The van der Waals surface area contributed by atoms with Crippen molar-refractivity contribution in [2.45, 2.75) is 13.8 Å². The van der Waals surface area contributed by atoms with Crippen molar-refractivity contribution in [2.24, 2.45) is 0 Å². The standard InChI is InChI=1S/C22H22O3/c1-5-7-9-16(8-6-2)17-10-12-18(13-11-17)19-20(23)14(3)15(4)21(24)22(19)25/h5-13,23-25H,1-2H2,3-4H3/b9-7-,16-8+. The molecule has 25 heavy (non-hydrogen) atoms. The molecular weight excluding hydrogens is 312 g/mol. The van der Waals surface area contributed by atoms with Gasteiger partial charge in [-0.3, -0.25) is 0 Å². The van der Waals surface area contributed by atoms with Crippen LogP contribution in [0.25, 0.3) is 16.7 Å². The molecule has 0 fully saturated rings. The van der Waals surface area contributed by atoms with E-state index in [4.69, 9.17) is 0 Å². The fourth-order valence-electron chi connectivity index (χ4n) is 2.60. The number of rotatable bonds is 5. The number of phenolic OH excluding ortho intramolecular Hbond substituents is 3. The number of allylic oxidation sites excluding steroid dienone is 6. The summed E-state index contributed by atoms with van der Waals surface area (Å²) in [5.41, 5.74) is 3.74. The first-order chi connectivity index (χ1) is 11.9. The van der Waals surface area contributed by atoms with Crippen LogP contribution in [-0.4, -0.2) is 15.3 Å². The summed E-state index contributed by atoms with van der Waals surface area (Å²) in [5, 5.41) is 30.7. The zero-order valence-electron chi connectivity index (χ0n) is 14.5. The number of hydrogen-bond acceptors (Lipinski definition) is 3. The minimum Gasteiger partial charge on any atom is -0.507 e. The fourth-order valence-corrected chi connectivity index (χ4v) is 2.60. The smallest absolute Gasteiger partial charge is 0.169 e. The molecule has 0 unspecified atom stereocenters. The first-order valence-electron chi connectivity index (χ1n) is 7.89. The van der Waals surface area contributed by atoms with E-state index in [9.17, 15) is 15.3 Å². The summed E-state index contributed by atoms with van der Waals surface area (Å²) in [6.07, 6.45) is 9.03. The molecule has 0 amide bonds. The van der Waals surface area contributed by atoms with E-state index in [0.29, 0.717) is 16.7 Å². The number of benzene rings is 2. The molecule has 0 atom stereocenters. The van der Waals surface area contributed by atoms with Gasteiger partial charge < -0.3 is 15.3 Å². The molecule has 0 saturated carbocycles. The number of phenols is 3. The summed E-state index contributed by atoms with van der Waals surface area (Å²) in [5.74, 6) is -0.564. The second-order valence-corrected chi connectivity index (χ2v) is 5.70. The highest BCUT2D eigenvalue weighted by Gasteiger charge is 2.20. The van der Waals surface area contributed by atoms with Crippen LogP contribution in [0.5, 0.6) is 17.2 Å². The average Bonchev–Trinajstić information content (AvgIpc) is 2.62. The summed E-state index contributed by atoms with van der Waals surface area (Å²) in [6.45, 7) is 10.7. The quantitative estimate of drug-likeness (QED) is 0.390. The molecule has 0 aliphatic rings. The Morgan fingerprint density at radius 1 is 0.840 bits per heavy atom. The Balaban J connectivity index is 2.55. The molecule has 0 saturated heterocycles. The van der Waals surface area contributed by atoms with Gasteiger partial charge >= 0.3 is 0 Å². The van der Waals surface area contributed by atoms with Crippen molar-refractivity contribution in [3.8, 4) is 28.4 Å². The minimum atomic E-state index is -0.318. The first kappa shape index (κ1) is 18.1. The largest absolute Gasteiger partial charge is 0.507 e. The van der Waals surface area contributed by atoms with Crippen molar-refractivity contribution < 1.29 is 15.3 Å². The van der Waals surface area contributed by atoms with Gasteiger partial charge in [0.15, 0.2) is 11.5 Å². The highest BCUT2D eigenvalue weighted by Crippen LogP contribution is 2.47. The fraction of sp³-hybridized carbons (Fsp3) is 0.0909. The van der Waals surface area contributed by atoms with Crippen molar-refractivity contribution >= 4 is 5.57 Å². The number of hydrogen-bond donors (Lipinski definition) is 3. The van der Waals surface area contributed by atoms with Gasteiger partial charge in [0.05, 0.1) is 5.56 Å². The van der Waals surface area contributed by atoms with E-state index in [0.717, 1.165) is 11.1 Å². The van der Waals surface area contributed by atoms with Gasteiger partial charge in [-0.2, -0.15) is 0 Å². The maximum Gasteiger partial charge on any atom is 0.169 e. The molecule has 3 nitrogen and oxygen atoms in total. The number of aromatic hydroxyl groups is 3. The molecule has 0 aliphatic carbocycles. The van der Waals surface area contributed by atoms with E-state index in [1.165, 1.54) is 0 Å². The second kappa shape index (κ2) is 7.58. The van der Waals surface area contributed by atoms with Crippen LogP contribution in [0.1, 0.15) is 16.7 Å². The van der Waals surface area contributed by atoms with Crippen molar-refractivity contribution in [1.82, 2.24) is 0 Å². The van der Waals surface area contributed by atoms with Crippen LogP contribution in [0.2, 0.25) is 0 Å². The molecule has 2 aromatic carbocycles. The van der Waals surface area contributed by atoms with Crippen LogP contribution in [0.3, 0.4) is 0 Å². The predicted molar refractivity (Wildman–Crippen MR) is 104 cm³/mol.